The molecule has 0 unspecified atom stereocenters. The molecule has 0 radical (unpaired) electrons. The highest BCUT2D eigenvalue weighted by molar-refractivity contribution is 5.99. The molecule has 0 aromatic carbocycles. The maximum Gasteiger partial charge on any atom is 0.326 e. The summed E-state index contributed by atoms with van der Waals surface area (Å²) in [7, 11) is 0. The summed E-state index contributed by atoms with van der Waals surface area (Å²) < 4.78 is 5.34. The first-order valence-corrected chi connectivity index (χ1v) is 21.3. The van der Waals surface area contributed by atoms with Gasteiger partial charge in [0.1, 0.15) is 18.1 Å². The Hall–Kier alpha value is -5.50. The average Bonchev–Trinajstić information content (AvgIpc) is 3.86. The van der Waals surface area contributed by atoms with Crippen LogP contribution in [-0.4, -0.2) is 226 Å². The summed E-state index contributed by atoms with van der Waals surface area (Å²) in [5.74, 6) is -8.91. The Morgan fingerprint density at radius 2 is 0.969 bits per heavy atom. The maximum absolute atomic E-state index is 13.3. The summed E-state index contributed by atoms with van der Waals surface area (Å²) in [5, 5.41) is 45.3. The van der Waals surface area contributed by atoms with Crippen molar-refractivity contribution in [3.63, 3.8) is 0 Å². The maximum atomic E-state index is 13.3. The van der Waals surface area contributed by atoms with E-state index in [9.17, 15) is 68.4 Å². The molecular formula is C39H64N10O15. The molecule has 0 aliphatic carbocycles. The summed E-state index contributed by atoms with van der Waals surface area (Å²) >= 11 is 0. The summed E-state index contributed by atoms with van der Waals surface area (Å²) in [6.07, 6.45) is -1.39. The van der Waals surface area contributed by atoms with Crippen molar-refractivity contribution in [3.05, 3.63) is 0 Å². The van der Waals surface area contributed by atoms with Crippen molar-refractivity contribution in [2.75, 3.05) is 91.6 Å². The van der Waals surface area contributed by atoms with Gasteiger partial charge in [0.2, 0.25) is 11.8 Å². The molecule has 3 fully saturated rings. The zero-order valence-electron chi connectivity index (χ0n) is 36.8. The van der Waals surface area contributed by atoms with Crippen LogP contribution in [0.3, 0.4) is 0 Å². The molecule has 0 aromatic heterocycles. The Morgan fingerprint density at radius 3 is 1.39 bits per heavy atom. The third-order valence-electron chi connectivity index (χ3n) is 10.6. The molecule has 25 heteroatoms. The first-order chi connectivity index (χ1) is 30.1. The van der Waals surface area contributed by atoms with Crippen LogP contribution in [0.25, 0.3) is 0 Å². The number of likely N-dealkylation sites (tertiary alicyclic amines) is 1. The van der Waals surface area contributed by atoms with E-state index in [1.807, 2.05) is 13.8 Å². The number of amides is 6. The van der Waals surface area contributed by atoms with Crippen molar-refractivity contribution in [1.82, 2.24) is 51.3 Å². The lowest BCUT2D eigenvalue weighted by Crippen LogP contribution is -2.54. The van der Waals surface area contributed by atoms with E-state index < -0.39 is 96.2 Å². The number of carbonyl (C=O) groups excluding carboxylic acids is 6. The molecule has 0 spiro atoms. The number of carbonyl (C=O) groups is 10. The number of hydrazine groups is 1. The van der Waals surface area contributed by atoms with Crippen molar-refractivity contribution < 1.29 is 73.1 Å². The van der Waals surface area contributed by atoms with Gasteiger partial charge in [-0.05, 0) is 37.5 Å². The summed E-state index contributed by atoms with van der Waals surface area (Å²) in [4.78, 5) is 132. The van der Waals surface area contributed by atoms with Crippen LogP contribution in [0.15, 0.2) is 0 Å². The topological polar surface area (TPSA) is 341 Å². The van der Waals surface area contributed by atoms with Gasteiger partial charge in [0.25, 0.3) is 23.6 Å². The smallest absolute Gasteiger partial charge is 0.326 e. The lowest BCUT2D eigenvalue weighted by atomic mass is 10.0. The quantitative estimate of drug-likeness (QED) is 0.0388. The third-order valence-corrected chi connectivity index (χ3v) is 10.6. The number of nitrogens with one attached hydrogen (secondary N) is 5. The second kappa shape index (κ2) is 25.7. The molecule has 6 amide bonds. The molecule has 9 N–H and O–H groups in total. The van der Waals surface area contributed by atoms with Crippen molar-refractivity contribution in [1.29, 1.82) is 0 Å². The number of carboxylic acid groups (broad SMARTS) is 4. The second-order valence-electron chi connectivity index (χ2n) is 17.0. The number of ether oxygens (including phenoxy) is 1. The lowest BCUT2D eigenvalue weighted by Gasteiger charge is -2.32. The number of rotatable bonds is 21. The van der Waals surface area contributed by atoms with E-state index in [-0.39, 0.29) is 110 Å². The molecule has 3 rings (SSSR count). The first-order valence-electron chi connectivity index (χ1n) is 21.3. The summed E-state index contributed by atoms with van der Waals surface area (Å²) in [6, 6.07) is -3.20. The van der Waals surface area contributed by atoms with Crippen LogP contribution in [0.1, 0.15) is 53.4 Å². The van der Waals surface area contributed by atoms with Crippen LogP contribution < -0.4 is 26.8 Å². The molecule has 0 bridgehead atoms. The fourth-order valence-electron chi connectivity index (χ4n) is 7.40. The molecule has 5 atom stereocenters. The molecule has 0 aromatic rings. The number of hydrogen-bond acceptors (Lipinski definition) is 15. The minimum Gasteiger partial charge on any atom is -0.480 e. The number of epoxide rings is 1. The summed E-state index contributed by atoms with van der Waals surface area (Å²) in [5.41, 5.74) is 4.45. The highest BCUT2D eigenvalue weighted by Crippen LogP contribution is 2.25. The summed E-state index contributed by atoms with van der Waals surface area (Å²) in [6.45, 7) is 7.02. The molecule has 3 aliphatic heterocycles. The third kappa shape index (κ3) is 18.7. The van der Waals surface area contributed by atoms with E-state index in [1.54, 1.807) is 33.4 Å². The predicted octanol–water partition coefficient (Wildman–Crippen LogP) is -4.37. The SMILES string of the molecule is CC(C)C[C@H](NC(=O)[C@H]1O[C@@H]1C(=O)N[C@H](CC(C)C)C(=O)N1CCC[C@H]1C(=O)O)C(=O)NCC(=O)NNC(=O)CN1CCN(CC(=O)O)CCN(CC(=O)O)CCN(CC(=O)O)CC1. The van der Waals surface area contributed by atoms with Crippen molar-refractivity contribution >= 4 is 59.3 Å². The minimum absolute atomic E-state index is 0.0464. The lowest BCUT2D eigenvalue weighted by molar-refractivity contribution is -0.149. The highest BCUT2D eigenvalue weighted by atomic mass is 16.6. The zero-order chi connectivity index (χ0) is 47.7. The van der Waals surface area contributed by atoms with Crippen LogP contribution in [0.5, 0.6) is 0 Å². The average molecular weight is 913 g/mol. The molecular weight excluding hydrogens is 848 g/mol. The van der Waals surface area contributed by atoms with Crippen molar-refractivity contribution in [2.24, 2.45) is 11.8 Å². The molecule has 360 valence electrons. The van der Waals surface area contributed by atoms with Gasteiger partial charge < -0.3 is 46.0 Å². The minimum atomic E-state index is -1.28. The van der Waals surface area contributed by atoms with E-state index >= 15 is 0 Å². The van der Waals surface area contributed by atoms with E-state index in [0.29, 0.717) is 12.8 Å². The van der Waals surface area contributed by atoms with Crippen LogP contribution in [0, 0.1) is 11.8 Å². The van der Waals surface area contributed by atoms with Gasteiger partial charge >= 0.3 is 23.9 Å². The first kappa shape index (κ1) is 52.8. The monoisotopic (exact) mass is 912 g/mol. The van der Waals surface area contributed by atoms with Gasteiger partial charge in [0.15, 0.2) is 12.2 Å². The van der Waals surface area contributed by atoms with E-state index in [0.717, 1.165) is 0 Å². The number of carboxylic acids is 4. The van der Waals surface area contributed by atoms with Gasteiger partial charge in [0, 0.05) is 58.9 Å². The fourth-order valence-corrected chi connectivity index (χ4v) is 7.40. The number of nitrogens with zero attached hydrogens (tertiary/aromatic N) is 5. The van der Waals surface area contributed by atoms with Crippen molar-refractivity contribution in [3.8, 4) is 0 Å². The second-order valence-corrected chi connectivity index (χ2v) is 17.0. The van der Waals surface area contributed by atoms with Gasteiger partial charge in [-0.1, -0.05) is 27.7 Å². The number of aliphatic carboxylic acids is 4. The normalized spacial score (nSPS) is 21.4. The largest absolute Gasteiger partial charge is 0.480 e. The molecule has 3 heterocycles. The van der Waals surface area contributed by atoms with Gasteiger partial charge in [-0.3, -0.25) is 73.6 Å². The van der Waals surface area contributed by atoms with Gasteiger partial charge in [-0.25, -0.2) is 4.79 Å². The molecule has 0 saturated carbocycles. The molecule has 64 heavy (non-hydrogen) atoms. The van der Waals surface area contributed by atoms with Crippen LogP contribution >= 0.6 is 0 Å². The predicted molar refractivity (Wildman–Crippen MR) is 222 cm³/mol. The molecule has 3 aliphatic rings. The van der Waals surface area contributed by atoms with Crippen LogP contribution in [0.2, 0.25) is 0 Å². The Labute approximate surface area is 370 Å². The van der Waals surface area contributed by atoms with Gasteiger partial charge in [-0.2, -0.15) is 0 Å². The molecule has 3 saturated heterocycles. The molecule has 25 nitrogen and oxygen atoms in total. The van der Waals surface area contributed by atoms with Crippen molar-refractivity contribution in [2.45, 2.75) is 83.7 Å². The zero-order valence-corrected chi connectivity index (χ0v) is 36.8. The van der Waals surface area contributed by atoms with Gasteiger partial charge in [-0.15, -0.1) is 0 Å². The standard InChI is InChI=1S/C39H64N10O15/c1-23(2)16-25(41-36(59)33-34(64-33)37(60)42-26(17-24(3)4)38(61)49-7-5-6-27(49)39(62)63)35(58)40-18-28(50)43-44-29(51)19-45-8-10-46(20-30(52)53)12-14-48(22-32(56)57)15-13-47(11-9-45)21-31(54)55/h23-27,33-34H,5-22H2,1-4H3,(H,40,58)(H,41,59)(H,42,60)(H,43,50)(H,44,51)(H,52,53)(H,54,55)(H,56,57)(H,62,63)/t25-,26+,27-,33-,34-/m0/s1. The van der Waals surface area contributed by atoms with E-state index in [4.69, 9.17) is 4.74 Å². The van der Waals surface area contributed by atoms with E-state index in [2.05, 4.69) is 26.8 Å². The Kier molecular flexibility index (Phi) is 21.2. The van der Waals surface area contributed by atoms with E-state index in [1.165, 1.54) is 4.90 Å². The Balaban J connectivity index is 1.53. The highest BCUT2D eigenvalue weighted by Gasteiger charge is 2.52. The fraction of sp³-hybridized carbons (Fsp3) is 0.744. The van der Waals surface area contributed by atoms with Crippen LogP contribution in [0.4, 0.5) is 0 Å². The Bertz CT molecular complexity index is 1670. The van der Waals surface area contributed by atoms with Crippen LogP contribution in [-0.2, 0) is 52.7 Å². The number of hydrogen-bond donors (Lipinski definition) is 9. The van der Waals surface area contributed by atoms with Gasteiger partial charge in [0.05, 0.1) is 32.7 Å². The Morgan fingerprint density at radius 1 is 0.562 bits per heavy atom.